The molecule has 0 unspecified atom stereocenters. The molecule has 0 atom stereocenters. The van der Waals surface area contributed by atoms with Gasteiger partial charge in [0.15, 0.2) is 0 Å². The molecule has 4 nitrogen and oxygen atoms in total. The van der Waals surface area contributed by atoms with Crippen LogP contribution in [0.15, 0.2) is 0 Å². The van der Waals surface area contributed by atoms with E-state index in [1.165, 1.54) is 0 Å². The Hall–Kier alpha value is 0.0569. The van der Waals surface area contributed by atoms with Gasteiger partial charge in [0.2, 0.25) is 0 Å². The summed E-state index contributed by atoms with van der Waals surface area (Å²) in [5.41, 5.74) is 0. The van der Waals surface area contributed by atoms with Gasteiger partial charge in [-0.2, -0.15) is 0 Å². The highest BCUT2D eigenvalue weighted by atomic mass is 28.4. The van der Waals surface area contributed by atoms with E-state index in [9.17, 15) is 0 Å². The summed E-state index contributed by atoms with van der Waals surface area (Å²) in [5, 5.41) is 0. The van der Waals surface area contributed by atoms with Gasteiger partial charge in [0.05, 0.1) is 0 Å². The van der Waals surface area contributed by atoms with Gasteiger partial charge in [-0.1, -0.05) is 40.0 Å². The quantitative estimate of drug-likeness (QED) is 0.359. The third-order valence-electron chi connectivity index (χ3n) is 2.65. The minimum absolute atomic E-state index is 0.566. The van der Waals surface area contributed by atoms with E-state index in [0.717, 1.165) is 38.5 Å². The second kappa shape index (κ2) is 13.1. The molecule has 0 saturated carbocycles. The molecule has 0 rings (SSSR count). The van der Waals surface area contributed by atoms with E-state index in [-0.39, 0.29) is 0 Å². The van der Waals surface area contributed by atoms with Gasteiger partial charge in [0.1, 0.15) is 0 Å². The van der Waals surface area contributed by atoms with Gasteiger partial charge in [-0.15, -0.1) is 0 Å². The number of hydrogen-bond donors (Lipinski definition) is 0. The lowest BCUT2D eigenvalue weighted by molar-refractivity contribution is -0.0339. The molecule has 5 heteroatoms. The van der Waals surface area contributed by atoms with Crippen LogP contribution in [-0.4, -0.2) is 35.5 Å². The Labute approximate surface area is 120 Å². The Balaban J connectivity index is 4.37. The summed E-state index contributed by atoms with van der Waals surface area (Å²) in [6.07, 6.45) is 6.32. The van der Waals surface area contributed by atoms with E-state index in [2.05, 4.69) is 20.8 Å². The van der Waals surface area contributed by atoms with Crippen LogP contribution < -0.4 is 0 Å². The molecule has 116 valence electrons. The van der Waals surface area contributed by atoms with Crippen molar-refractivity contribution in [2.75, 3.05) is 26.4 Å². The zero-order valence-corrected chi connectivity index (χ0v) is 14.2. The van der Waals surface area contributed by atoms with Crippen molar-refractivity contribution in [3.05, 3.63) is 0 Å². The van der Waals surface area contributed by atoms with Crippen molar-refractivity contribution in [1.29, 1.82) is 0 Å². The Morgan fingerprint density at radius 1 is 0.579 bits per heavy atom. The maximum absolute atomic E-state index is 5.88. The highest BCUT2D eigenvalue weighted by Gasteiger charge is 2.45. The first-order valence-electron chi connectivity index (χ1n) is 7.80. The van der Waals surface area contributed by atoms with Gasteiger partial charge in [0.25, 0.3) is 0 Å². The van der Waals surface area contributed by atoms with Crippen molar-refractivity contribution in [3.63, 3.8) is 0 Å². The van der Waals surface area contributed by atoms with Crippen molar-refractivity contribution in [2.45, 2.75) is 66.2 Å². The number of rotatable bonds is 14. The van der Waals surface area contributed by atoms with Crippen LogP contribution in [0, 0.1) is 0 Å². The molecular formula is C14H32O4Si. The van der Waals surface area contributed by atoms with Crippen molar-refractivity contribution in [3.8, 4) is 0 Å². The molecule has 0 aliphatic carbocycles. The van der Waals surface area contributed by atoms with Crippen LogP contribution in [0.2, 0.25) is 0 Å². The molecule has 0 aromatic heterocycles. The fraction of sp³-hybridized carbons (Fsp3) is 1.00. The second-order valence-corrected chi connectivity index (χ2v) is 6.69. The van der Waals surface area contributed by atoms with E-state index in [0.29, 0.717) is 26.4 Å². The zero-order chi connectivity index (χ0) is 14.4. The summed E-state index contributed by atoms with van der Waals surface area (Å²) in [7, 11) is -2.91. The average molecular weight is 292 g/mol. The molecule has 0 radical (unpaired) electrons. The van der Waals surface area contributed by atoms with Crippen LogP contribution in [0.3, 0.4) is 0 Å². The predicted octanol–water partition coefficient (Wildman–Crippen LogP) is 3.91. The summed E-state index contributed by atoms with van der Waals surface area (Å²) in [6, 6.07) is 0. The van der Waals surface area contributed by atoms with Gasteiger partial charge in [-0.3, -0.25) is 0 Å². The van der Waals surface area contributed by atoms with Crippen molar-refractivity contribution < 1.29 is 17.7 Å². The average Bonchev–Trinajstić information content (AvgIpc) is 2.40. The van der Waals surface area contributed by atoms with E-state index >= 15 is 0 Å². The first-order valence-corrected chi connectivity index (χ1v) is 9.43. The maximum atomic E-state index is 5.88. The Morgan fingerprint density at radius 3 is 1.21 bits per heavy atom. The molecule has 0 bridgehead atoms. The Bertz CT molecular complexity index is 164. The zero-order valence-electron chi connectivity index (χ0n) is 13.2. The lowest BCUT2D eigenvalue weighted by Gasteiger charge is -2.27. The highest BCUT2D eigenvalue weighted by Crippen LogP contribution is 2.14. The van der Waals surface area contributed by atoms with Crippen LogP contribution in [-0.2, 0) is 17.7 Å². The summed E-state index contributed by atoms with van der Waals surface area (Å²) >= 11 is 0. The molecule has 0 N–H and O–H groups in total. The fourth-order valence-corrected chi connectivity index (χ4v) is 3.49. The molecule has 0 aliphatic rings. The maximum Gasteiger partial charge on any atom is 0.679 e. The molecule has 0 aromatic carbocycles. The summed E-state index contributed by atoms with van der Waals surface area (Å²) in [5.74, 6) is 0. The SMILES string of the molecule is CCCCO[Si](OCC)(OCCCC)OCCCC. The monoisotopic (exact) mass is 292 g/mol. The predicted molar refractivity (Wildman–Crippen MR) is 80.0 cm³/mol. The Morgan fingerprint density at radius 2 is 0.947 bits per heavy atom. The third kappa shape index (κ3) is 9.57. The van der Waals surface area contributed by atoms with Crippen molar-refractivity contribution in [1.82, 2.24) is 0 Å². The minimum Gasteiger partial charge on any atom is -0.351 e. The topological polar surface area (TPSA) is 36.9 Å². The molecule has 0 aliphatic heterocycles. The molecule has 0 spiro atoms. The first kappa shape index (κ1) is 19.1. The lowest BCUT2D eigenvalue weighted by atomic mass is 10.4. The Kier molecular flexibility index (Phi) is 13.1. The van der Waals surface area contributed by atoms with E-state index in [4.69, 9.17) is 17.7 Å². The van der Waals surface area contributed by atoms with E-state index in [1.807, 2.05) is 6.92 Å². The molecule has 0 amide bonds. The molecular weight excluding hydrogens is 260 g/mol. The summed E-state index contributed by atoms with van der Waals surface area (Å²) < 4.78 is 23.4. The van der Waals surface area contributed by atoms with Gasteiger partial charge in [-0.25, -0.2) is 0 Å². The second-order valence-electron chi connectivity index (χ2n) is 4.54. The van der Waals surface area contributed by atoms with E-state index < -0.39 is 9.05 Å². The molecule has 0 aromatic rings. The van der Waals surface area contributed by atoms with Crippen molar-refractivity contribution >= 4 is 9.05 Å². The smallest absolute Gasteiger partial charge is 0.351 e. The van der Waals surface area contributed by atoms with Crippen LogP contribution in [0.25, 0.3) is 0 Å². The molecule has 0 fully saturated rings. The molecule has 19 heavy (non-hydrogen) atoms. The van der Waals surface area contributed by atoms with Gasteiger partial charge in [0, 0.05) is 26.4 Å². The van der Waals surface area contributed by atoms with E-state index in [1.54, 1.807) is 0 Å². The van der Waals surface area contributed by atoms with Crippen molar-refractivity contribution in [2.24, 2.45) is 0 Å². The van der Waals surface area contributed by atoms with Crippen LogP contribution in [0.5, 0.6) is 0 Å². The normalized spacial score (nSPS) is 12.0. The van der Waals surface area contributed by atoms with Crippen LogP contribution in [0.1, 0.15) is 66.2 Å². The van der Waals surface area contributed by atoms with Crippen LogP contribution in [0.4, 0.5) is 0 Å². The molecule has 0 saturated heterocycles. The number of unbranched alkanes of at least 4 members (excludes halogenated alkanes) is 3. The lowest BCUT2D eigenvalue weighted by Crippen LogP contribution is -2.50. The first-order chi connectivity index (χ1) is 9.24. The third-order valence-corrected chi connectivity index (χ3v) is 4.97. The summed E-state index contributed by atoms with van der Waals surface area (Å²) in [6.45, 7) is 10.9. The van der Waals surface area contributed by atoms with Gasteiger partial charge >= 0.3 is 9.05 Å². The standard InChI is InChI=1S/C14H32O4Si/c1-5-9-12-16-19(15-8-4,17-13-10-6-2)18-14-11-7-3/h5-14H2,1-4H3. The summed E-state index contributed by atoms with van der Waals surface area (Å²) in [4.78, 5) is 0. The van der Waals surface area contributed by atoms with Gasteiger partial charge < -0.3 is 17.7 Å². The molecule has 0 heterocycles. The highest BCUT2D eigenvalue weighted by molar-refractivity contribution is 6.53. The van der Waals surface area contributed by atoms with Crippen LogP contribution >= 0.6 is 0 Å². The fourth-order valence-electron chi connectivity index (χ4n) is 1.45. The minimum atomic E-state index is -2.91. The van der Waals surface area contributed by atoms with Gasteiger partial charge in [-0.05, 0) is 26.2 Å². The number of hydrogen-bond acceptors (Lipinski definition) is 4. The largest absolute Gasteiger partial charge is 0.679 e.